The van der Waals surface area contributed by atoms with Crippen molar-refractivity contribution in [2.75, 3.05) is 20.7 Å². The summed E-state index contributed by atoms with van der Waals surface area (Å²) in [6.07, 6.45) is 1.10. The second-order valence-electron chi connectivity index (χ2n) is 6.63. The van der Waals surface area contributed by atoms with Gasteiger partial charge in [-0.05, 0) is 39.9 Å². The van der Waals surface area contributed by atoms with Crippen LogP contribution in [0, 0.1) is 19.8 Å². The van der Waals surface area contributed by atoms with Crippen LogP contribution < -0.4 is 10.9 Å². The molecule has 1 aliphatic carbocycles. The minimum absolute atomic E-state index is 0.0103. The number of H-pyrrole nitrogens is 1. The largest absolute Gasteiger partial charge is 0.376 e. The maximum Gasteiger partial charge on any atom is 0.261 e. The number of amides is 1. The molecule has 6 nitrogen and oxygen atoms in total. The molecule has 1 aromatic heterocycles. The number of rotatable bonds is 3. The van der Waals surface area contributed by atoms with Gasteiger partial charge in [0.2, 0.25) is 0 Å². The van der Waals surface area contributed by atoms with Gasteiger partial charge in [-0.1, -0.05) is 11.6 Å². The first-order chi connectivity index (χ1) is 10.8. The number of carbonyl (C=O) groups is 1. The molecule has 0 aromatic carbocycles. The SMILES string of the molecule is Cc1[nH]c(=O)c(C(=O)N[C@H]2[C@H]3CCO[C@H]3[C@@H]2N(C)C)c(C)c1Cl. The molecule has 4 atom stereocenters. The van der Waals surface area contributed by atoms with Gasteiger partial charge in [0.1, 0.15) is 5.56 Å². The number of fused-ring (bicyclic) bond motifs is 1. The Balaban J connectivity index is 1.85. The van der Waals surface area contributed by atoms with Crippen molar-refractivity contribution in [3.05, 3.63) is 32.2 Å². The molecule has 1 saturated heterocycles. The monoisotopic (exact) mass is 339 g/mol. The van der Waals surface area contributed by atoms with Gasteiger partial charge in [-0.15, -0.1) is 0 Å². The standard InChI is InChI=1S/C16H22ClN3O3/c1-7-10(15(21)18-8(2)11(7)17)16(22)19-12-9-5-6-23-14(9)13(12)20(3)4/h9,12-14H,5-6H2,1-4H3,(H,18,21)(H,19,22)/t9-,12+,13-,14-/m1/s1. The number of aromatic nitrogens is 1. The van der Waals surface area contributed by atoms with Crippen molar-refractivity contribution < 1.29 is 9.53 Å². The zero-order chi connectivity index (χ0) is 16.9. The topological polar surface area (TPSA) is 74.4 Å². The number of ether oxygens (including phenoxy) is 1. The van der Waals surface area contributed by atoms with Crippen LogP contribution in [0.25, 0.3) is 0 Å². The summed E-state index contributed by atoms with van der Waals surface area (Å²) in [5.74, 6) is -0.0560. The summed E-state index contributed by atoms with van der Waals surface area (Å²) in [7, 11) is 3.95. The van der Waals surface area contributed by atoms with Crippen LogP contribution in [0.15, 0.2) is 4.79 Å². The minimum atomic E-state index is -0.401. The Morgan fingerprint density at radius 1 is 1.39 bits per heavy atom. The van der Waals surface area contributed by atoms with Crippen molar-refractivity contribution in [2.24, 2.45) is 5.92 Å². The van der Waals surface area contributed by atoms with Crippen molar-refractivity contribution in [1.29, 1.82) is 0 Å². The van der Waals surface area contributed by atoms with Gasteiger partial charge in [-0.3, -0.25) is 9.59 Å². The van der Waals surface area contributed by atoms with Gasteiger partial charge < -0.3 is 19.9 Å². The van der Waals surface area contributed by atoms with Crippen molar-refractivity contribution in [2.45, 2.75) is 38.5 Å². The summed E-state index contributed by atoms with van der Waals surface area (Å²) in [6, 6.07) is 0.121. The highest BCUT2D eigenvalue weighted by molar-refractivity contribution is 6.32. The molecule has 2 heterocycles. The number of aryl methyl sites for hydroxylation is 1. The number of carbonyl (C=O) groups excluding carboxylic acids is 1. The third kappa shape index (κ3) is 2.58. The van der Waals surface area contributed by atoms with E-state index in [0.717, 1.165) is 13.0 Å². The first-order valence-electron chi connectivity index (χ1n) is 7.80. The molecule has 3 rings (SSSR count). The number of halogens is 1. The van der Waals surface area contributed by atoms with E-state index >= 15 is 0 Å². The quantitative estimate of drug-likeness (QED) is 0.864. The van der Waals surface area contributed by atoms with Gasteiger partial charge >= 0.3 is 0 Å². The molecule has 7 heteroatoms. The van der Waals surface area contributed by atoms with Crippen LogP contribution in [-0.4, -0.2) is 54.7 Å². The number of likely N-dealkylation sites (N-methyl/N-ethyl adjacent to an activating group) is 1. The molecule has 1 saturated carbocycles. The Hall–Kier alpha value is -1.37. The average Bonchev–Trinajstić information content (AvgIpc) is 2.85. The van der Waals surface area contributed by atoms with Crippen molar-refractivity contribution >= 4 is 17.5 Å². The highest BCUT2D eigenvalue weighted by atomic mass is 35.5. The Labute approximate surface area is 140 Å². The molecular formula is C16H22ClN3O3. The van der Waals surface area contributed by atoms with E-state index in [1.165, 1.54) is 0 Å². The Morgan fingerprint density at radius 3 is 2.74 bits per heavy atom. The van der Waals surface area contributed by atoms with Gasteiger partial charge in [0.05, 0.1) is 23.2 Å². The number of nitrogens with zero attached hydrogens (tertiary/aromatic N) is 1. The van der Waals surface area contributed by atoms with E-state index in [1.54, 1.807) is 13.8 Å². The second kappa shape index (κ2) is 5.92. The van der Waals surface area contributed by atoms with Crippen molar-refractivity contribution in [1.82, 2.24) is 15.2 Å². The first-order valence-corrected chi connectivity index (χ1v) is 8.18. The van der Waals surface area contributed by atoms with E-state index in [1.807, 2.05) is 14.1 Å². The smallest absolute Gasteiger partial charge is 0.261 e. The fourth-order valence-electron chi connectivity index (χ4n) is 3.83. The second-order valence-corrected chi connectivity index (χ2v) is 7.01. The summed E-state index contributed by atoms with van der Waals surface area (Å²) in [6.45, 7) is 4.14. The lowest BCUT2D eigenvalue weighted by molar-refractivity contribution is -0.0664. The van der Waals surface area contributed by atoms with E-state index in [0.29, 0.717) is 22.2 Å². The Bertz CT molecular complexity index is 701. The number of pyridine rings is 1. The number of hydrogen-bond acceptors (Lipinski definition) is 4. The summed E-state index contributed by atoms with van der Waals surface area (Å²) in [4.78, 5) is 29.5. The molecule has 2 aliphatic rings. The summed E-state index contributed by atoms with van der Waals surface area (Å²) in [5, 5.41) is 3.45. The fraction of sp³-hybridized carbons (Fsp3) is 0.625. The van der Waals surface area contributed by atoms with Gasteiger partial charge in [-0.2, -0.15) is 0 Å². The van der Waals surface area contributed by atoms with Crippen LogP contribution in [0.3, 0.4) is 0 Å². The van der Waals surface area contributed by atoms with Gasteiger partial charge in [-0.25, -0.2) is 0 Å². The van der Waals surface area contributed by atoms with E-state index in [9.17, 15) is 9.59 Å². The predicted molar refractivity (Wildman–Crippen MR) is 88.1 cm³/mol. The fourth-order valence-corrected chi connectivity index (χ4v) is 3.97. The number of hydrogen-bond donors (Lipinski definition) is 2. The highest BCUT2D eigenvalue weighted by Crippen LogP contribution is 2.41. The molecule has 2 N–H and O–H groups in total. The van der Waals surface area contributed by atoms with Gasteiger partial charge in [0, 0.05) is 18.2 Å². The normalized spacial score (nSPS) is 29.3. The average molecular weight is 340 g/mol. The van der Waals surface area contributed by atoms with Crippen LogP contribution in [-0.2, 0) is 4.74 Å². The van der Waals surface area contributed by atoms with Crippen molar-refractivity contribution in [3.63, 3.8) is 0 Å². The van der Waals surface area contributed by atoms with Gasteiger partial charge in [0.25, 0.3) is 11.5 Å². The van der Waals surface area contributed by atoms with E-state index in [2.05, 4.69) is 15.2 Å². The lowest BCUT2D eigenvalue weighted by Crippen LogP contribution is -2.69. The third-order valence-electron chi connectivity index (χ3n) is 5.03. The molecule has 126 valence electrons. The Kier molecular flexibility index (Phi) is 4.25. The maximum atomic E-state index is 12.7. The minimum Gasteiger partial charge on any atom is -0.376 e. The zero-order valence-corrected chi connectivity index (χ0v) is 14.5. The Morgan fingerprint density at radius 2 is 2.09 bits per heavy atom. The third-order valence-corrected chi connectivity index (χ3v) is 5.60. The molecule has 0 radical (unpaired) electrons. The summed E-state index contributed by atoms with van der Waals surface area (Å²) < 4.78 is 5.74. The highest BCUT2D eigenvalue weighted by Gasteiger charge is 2.55. The van der Waals surface area contributed by atoms with E-state index < -0.39 is 5.56 Å². The molecule has 1 aliphatic heterocycles. The van der Waals surface area contributed by atoms with Crippen LogP contribution in [0.2, 0.25) is 5.02 Å². The molecule has 0 spiro atoms. The molecular weight excluding hydrogens is 318 g/mol. The molecule has 1 amide bonds. The lowest BCUT2D eigenvalue weighted by Gasteiger charge is -2.50. The van der Waals surface area contributed by atoms with Crippen LogP contribution in [0.4, 0.5) is 0 Å². The number of nitrogens with one attached hydrogen (secondary N) is 2. The first kappa shape index (κ1) is 16.5. The van der Waals surface area contributed by atoms with Crippen LogP contribution >= 0.6 is 11.6 Å². The van der Waals surface area contributed by atoms with Crippen molar-refractivity contribution in [3.8, 4) is 0 Å². The maximum absolute atomic E-state index is 12.7. The number of aromatic amines is 1. The molecule has 0 unspecified atom stereocenters. The summed E-state index contributed by atoms with van der Waals surface area (Å²) in [5.41, 5.74) is 0.789. The lowest BCUT2D eigenvalue weighted by atomic mass is 9.71. The molecule has 1 aromatic rings. The molecule has 0 bridgehead atoms. The van der Waals surface area contributed by atoms with Crippen LogP contribution in [0.5, 0.6) is 0 Å². The molecule has 23 heavy (non-hydrogen) atoms. The molecule has 2 fully saturated rings. The van der Waals surface area contributed by atoms with Crippen LogP contribution in [0.1, 0.15) is 28.0 Å². The van der Waals surface area contributed by atoms with E-state index in [4.69, 9.17) is 16.3 Å². The van der Waals surface area contributed by atoms with E-state index in [-0.39, 0.29) is 29.7 Å². The summed E-state index contributed by atoms with van der Waals surface area (Å²) >= 11 is 6.17. The predicted octanol–water partition coefficient (Wildman–Crippen LogP) is 1.09. The zero-order valence-electron chi connectivity index (χ0n) is 13.8. The van der Waals surface area contributed by atoms with Gasteiger partial charge in [0.15, 0.2) is 0 Å².